The Bertz CT molecular complexity index is 717. The van der Waals surface area contributed by atoms with E-state index in [0.717, 1.165) is 10.2 Å². The summed E-state index contributed by atoms with van der Waals surface area (Å²) in [5, 5.41) is 2.84. The Balaban J connectivity index is 2.39. The van der Waals surface area contributed by atoms with Gasteiger partial charge in [0.25, 0.3) is 0 Å². The van der Waals surface area contributed by atoms with Gasteiger partial charge >= 0.3 is 13.6 Å². The number of methoxy groups -OCH3 is 1. The third kappa shape index (κ3) is 5.01. The highest BCUT2D eigenvalue weighted by Gasteiger charge is 2.47. The number of nitrogens with one attached hydrogen (secondary N) is 1. The molecule has 144 valence electrons. The van der Waals surface area contributed by atoms with E-state index in [9.17, 15) is 9.36 Å². The zero-order valence-electron chi connectivity index (χ0n) is 15.0. The Labute approximate surface area is 172 Å². The molecule has 6 nitrogen and oxygen atoms in total. The molecule has 0 bridgehead atoms. The van der Waals surface area contributed by atoms with E-state index in [4.69, 9.17) is 21.5 Å². The summed E-state index contributed by atoms with van der Waals surface area (Å²) in [6.07, 6.45) is 0. The molecule has 0 radical (unpaired) electrons. The zero-order valence-corrected chi connectivity index (χ0v) is 19.1. The molecule has 3 atom stereocenters. The molecule has 0 unspecified atom stereocenters. The van der Waals surface area contributed by atoms with Crippen molar-refractivity contribution in [3.63, 3.8) is 0 Å². The quantitative estimate of drug-likeness (QED) is 0.348. The molecule has 0 spiro atoms. The van der Waals surface area contributed by atoms with Gasteiger partial charge in [0.15, 0.2) is 0 Å². The summed E-state index contributed by atoms with van der Waals surface area (Å²) in [6.45, 7) is 5.67. The Morgan fingerprint density at radius 3 is 2.54 bits per heavy atom. The van der Waals surface area contributed by atoms with E-state index in [-0.39, 0.29) is 12.0 Å². The van der Waals surface area contributed by atoms with E-state index < -0.39 is 19.7 Å². The number of benzene rings is 1. The topological polar surface area (TPSA) is 67.9 Å². The highest BCUT2D eigenvalue weighted by molar-refractivity contribution is 9.10. The van der Waals surface area contributed by atoms with E-state index in [1.54, 1.807) is 35.9 Å². The van der Waals surface area contributed by atoms with E-state index in [1.807, 2.05) is 13.8 Å². The molecule has 1 saturated heterocycles. The van der Waals surface area contributed by atoms with Crippen LogP contribution >= 0.6 is 47.6 Å². The van der Waals surface area contributed by atoms with Crippen molar-refractivity contribution < 1.29 is 18.6 Å². The normalized spacial score (nSPS) is 20.8. The fourth-order valence-electron chi connectivity index (χ4n) is 2.45. The predicted molar refractivity (Wildman–Crippen MR) is 113 cm³/mol. The van der Waals surface area contributed by atoms with Gasteiger partial charge in [-0.25, -0.2) is 9.65 Å². The monoisotopic (exact) mass is 480 g/mol. The van der Waals surface area contributed by atoms with Crippen molar-refractivity contribution >= 4 is 57.9 Å². The number of halogens is 1. The number of hydrogen-bond acceptors (Lipinski definition) is 6. The molecular formula is C16H22BrN2O4PS2. The molecule has 1 aromatic carbocycles. The van der Waals surface area contributed by atoms with E-state index >= 15 is 0 Å². The van der Waals surface area contributed by atoms with Gasteiger partial charge in [-0.3, -0.25) is 9.46 Å². The summed E-state index contributed by atoms with van der Waals surface area (Å²) in [5.41, 5.74) is 0. The fraction of sp³-hybridized carbons (Fsp3) is 0.500. The van der Waals surface area contributed by atoms with Crippen LogP contribution in [0.1, 0.15) is 20.8 Å². The number of thiocarbonyl (C=S) groups is 1. The van der Waals surface area contributed by atoms with Gasteiger partial charge in [0.05, 0.1) is 13.2 Å². The molecule has 1 aromatic rings. The summed E-state index contributed by atoms with van der Waals surface area (Å²) >= 11 is 10.3. The van der Waals surface area contributed by atoms with E-state index in [2.05, 4.69) is 21.0 Å². The van der Waals surface area contributed by atoms with Crippen molar-refractivity contribution in [2.75, 3.05) is 12.9 Å². The van der Waals surface area contributed by atoms with Gasteiger partial charge < -0.3 is 9.26 Å². The lowest BCUT2D eigenvalue weighted by Gasteiger charge is -2.35. The average molecular weight is 481 g/mol. The molecule has 0 amide bonds. The zero-order chi connectivity index (χ0) is 19.5. The van der Waals surface area contributed by atoms with E-state index in [0.29, 0.717) is 10.1 Å². The van der Waals surface area contributed by atoms with Crippen LogP contribution in [-0.2, 0) is 14.1 Å². The number of carbonyl (C=O) groups is 1. The molecule has 1 aliphatic heterocycles. The lowest BCUT2D eigenvalue weighted by molar-refractivity contribution is -0.142. The lowest BCUT2D eigenvalue weighted by atomic mass is 10.1. The van der Waals surface area contributed by atoms with Gasteiger partial charge in [-0.05, 0) is 37.1 Å². The van der Waals surface area contributed by atoms with Gasteiger partial charge in [0.2, 0.25) is 0 Å². The standard InChI is InChI=1S/C16H22BrN2O4PS2/c1-10(2)14-9-26-16(25)19(14)24(21,18-11(3)15(20)22-4)23-13-7-5-12(17)6-8-13/h5-8,10-11,14H,9H2,1-4H3,(H,18,21)/t11-,14+,24-/m0/s1. The van der Waals surface area contributed by atoms with Crippen LogP contribution < -0.4 is 9.61 Å². The minimum Gasteiger partial charge on any atom is -0.468 e. The van der Waals surface area contributed by atoms with Gasteiger partial charge in [-0.2, -0.15) is 0 Å². The number of carbonyl (C=O) groups excluding carboxylic acids is 1. The number of esters is 1. The molecule has 2 rings (SSSR count). The smallest absolute Gasteiger partial charge is 0.421 e. The minimum atomic E-state index is -3.69. The molecular weight excluding hydrogens is 459 g/mol. The molecule has 0 aromatic heterocycles. The lowest BCUT2D eigenvalue weighted by Crippen LogP contribution is -2.44. The third-order valence-electron chi connectivity index (χ3n) is 3.89. The van der Waals surface area contributed by atoms with Crippen molar-refractivity contribution in [2.24, 2.45) is 5.92 Å². The van der Waals surface area contributed by atoms with Crippen LogP contribution in [0.5, 0.6) is 5.75 Å². The maximum Gasteiger partial charge on any atom is 0.421 e. The first-order valence-electron chi connectivity index (χ1n) is 8.05. The predicted octanol–water partition coefficient (Wildman–Crippen LogP) is 4.45. The summed E-state index contributed by atoms with van der Waals surface area (Å²) in [7, 11) is -2.40. The molecule has 26 heavy (non-hydrogen) atoms. The summed E-state index contributed by atoms with van der Waals surface area (Å²) < 4.78 is 27.5. The maximum absolute atomic E-state index is 13.9. The van der Waals surface area contributed by atoms with Gasteiger partial charge in [0.1, 0.15) is 16.1 Å². The van der Waals surface area contributed by atoms with Crippen LogP contribution in [0.25, 0.3) is 0 Å². The van der Waals surface area contributed by atoms with Gasteiger partial charge in [-0.1, -0.05) is 53.8 Å². The molecule has 0 saturated carbocycles. The maximum atomic E-state index is 13.9. The van der Waals surface area contributed by atoms with Crippen molar-refractivity contribution in [3.8, 4) is 5.75 Å². The van der Waals surface area contributed by atoms with Crippen LogP contribution in [-0.4, -0.2) is 39.9 Å². The SMILES string of the molecule is COC(=O)[C@H](C)N[P@](=O)(Oc1ccc(Br)cc1)N1C(=S)SC[C@@H]1C(C)C. The van der Waals surface area contributed by atoms with Crippen molar-refractivity contribution in [3.05, 3.63) is 28.7 Å². The first-order chi connectivity index (χ1) is 12.2. The third-order valence-corrected chi connectivity index (χ3v) is 8.42. The number of rotatable bonds is 7. The highest BCUT2D eigenvalue weighted by Crippen LogP contribution is 2.54. The second kappa shape index (κ2) is 9.06. The van der Waals surface area contributed by atoms with Gasteiger partial charge in [-0.15, -0.1) is 0 Å². The Morgan fingerprint density at radius 2 is 2.00 bits per heavy atom. The van der Waals surface area contributed by atoms with E-state index in [1.165, 1.54) is 18.9 Å². The average Bonchev–Trinajstić information content (AvgIpc) is 2.98. The fourth-order valence-corrected chi connectivity index (χ4v) is 7.32. The minimum absolute atomic E-state index is 0.0638. The van der Waals surface area contributed by atoms with Crippen LogP contribution in [0.4, 0.5) is 0 Å². The Hall–Kier alpha value is -0.600. The van der Waals surface area contributed by atoms with Gasteiger partial charge in [0, 0.05) is 10.2 Å². The van der Waals surface area contributed by atoms with Crippen molar-refractivity contribution in [2.45, 2.75) is 32.9 Å². The number of ether oxygens (including phenoxy) is 1. The molecule has 1 N–H and O–H groups in total. The highest BCUT2D eigenvalue weighted by atomic mass is 79.9. The molecule has 1 heterocycles. The second-order valence-electron chi connectivity index (χ2n) is 6.17. The van der Waals surface area contributed by atoms with Crippen LogP contribution in [0.15, 0.2) is 28.7 Å². The van der Waals surface area contributed by atoms with Crippen LogP contribution in [0.3, 0.4) is 0 Å². The molecule has 0 aliphatic carbocycles. The van der Waals surface area contributed by atoms with Crippen LogP contribution in [0, 0.1) is 5.92 Å². The molecule has 1 aliphatic rings. The van der Waals surface area contributed by atoms with Crippen molar-refractivity contribution in [1.82, 2.24) is 9.76 Å². The number of hydrogen-bond donors (Lipinski definition) is 1. The first-order valence-corrected chi connectivity index (χ1v) is 11.8. The molecule has 1 fully saturated rings. The van der Waals surface area contributed by atoms with Crippen molar-refractivity contribution in [1.29, 1.82) is 0 Å². The van der Waals surface area contributed by atoms with Crippen LogP contribution in [0.2, 0.25) is 0 Å². The molecule has 10 heteroatoms. The summed E-state index contributed by atoms with van der Waals surface area (Å²) in [6, 6.07) is 6.12. The second-order valence-corrected chi connectivity index (χ2v) is 10.7. The first kappa shape index (κ1) is 21.7. The largest absolute Gasteiger partial charge is 0.468 e. The number of thioether (sulfide) groups is 1. The Morgan fingerprint density at radius 1 is 1.38 bits per heavy atom. The summed E-state index contributed by atoms with van der Waals surface area (Å²) in [5.74, 6) is 0.824. The summed E-state index contributed by atoms with van der Waals surface area (Å²) in [4.78, 5) is 11.9. The Kier molecular flexibility index (Phi) is 7.56. The number of nitrogens with zero attached hydrogens (tertiary/aromatic N) is 1.